The highest BCUT2D eigenvalue weighted by Gasteiger charge is 2.33. The molecule has 7 nitrogen and oxygen atoms in total. The summed E-state index contributed by atoms with van der Waals surface area (Å²) in [4.78, 5) is 36.5. The molecule has 31 heavy (non-hydrogen) atoms. The number of aromatic amines is 1. The number of likely N-dealkylation sites (N-methyl/N-ethyl adjacent to an activating group) is 1. The topological polar surface area (TPSA) is 90.1 Å². The van der Waals surface area contributed by atoms with Crippen LogP contribution < -0.4 is 10.6 Å². The van der Waals surface area contributed by atoms with Crippen LogP contribution in [0.2, 0.25) is 0 Å². The fraction of sp³-hybridized carbons (Fsp3) is 0.435. The van der Waals surface area contributed by atoms with Crippen LogP contribution in [0.4, 0.5) is 0 Å². The Hall–Kier alpha value is -2.71. The summed E-state index contributed by atoms with van der Waals surface area (Å²) in [5, 5.41) is 7.75. The summed E-state index contributed by atoms with van der Waals surface area (Å²) in [6.07, 6.45) is 2.83. The van der Waals surface area contributed by atoms with Crippen LogP contribution >= 0.6 is 11.3 Å². The summed E-state index contributed by atoms with van der Waals surface area (Å²) in [5.74, 6) is 0.0526. The third kappa shape index (κ3) is 4.09. The number of fused-ring (bicyclic) bond motifs is 2. The van der Waals surface area contributed by atoms with Crippen LogP contribution in [0.1, 0.15) is 49.3 Å². The quantitative estimate of drug-likeness (QED) is 0.573. The molecule has 3 N–H and O–H groups in total. The molecule has 2 amide bonds. The van der Waals surface area contributed by atoms with Crippen molar-refractivity contribution in [3.05, 3.63) is 51.1 Å². The van der Waals surface area contributed by atoms with Gasteiger partial charge in [0.1, 0.15) is 5.69 Å². The van der Waals surface area contributed by atoms with Gasteiger partial charge in [0, 0.05) is 47.9 Å². The molecule has 1 saturated carbocycles. The van der Waals surface area contributed by atoms with Crippen LogP contribution in [0, 0.1) is 12.8 Å². The maximum absolute atomic E-state index is 12.7. The lowest BCUT2D eigenvalue weighted by Gasteiger charge is -2.37. The number of H-pyrrole nitrogens is 1. The summed E-state index contributed by atoms with van der Waals surface area (Å²) < 4.78 is 0. The Bertz CT molecular complexity index is 1150. The Morgan fingerprint density at radius 3 is 2.94 bits per heavy atom. The molecule has 0 unspecified atom stereocenters. The van der Waals surface area contributed by atoms with Crippen molar-refractivity contribution in [3.63, 3.8) is 0 Å². The molecule has 2 aromatic heterocycles. The summed E-state index contributed by atoms with van der Waals surface area (Å²) in [6.45, 7) is 4.44. The van der Waals surface area contributed by atoms with Gasteiger partial charge < -0.3 is 20.5 Å². The normalized spacial score (nSPS) is 20.8. The SMILES string of the molecule is Cc1ccc2[nH]c(C(=O)N[C@@H]3CC[C@@H]3CNC(=O)c3nc4c(s3)CN(C)CC4)cc2c1. The minimum Gasteiger partial charge on any atom is -0.351 e. The van der Waals surface area contributed by atoms with Gasteiger partial charge in [0.15, 0.2) is 5.01 Å². The van der Waals surface area contributed by atoms with Crippen molar-refractivity contribution in [2.45, 2.75) is 38.8 Å². The number of carbonyl (C=O) groups excluding carboxylic acids is 2. The molecule has 3 aromatic rings. The van der Waals surface area contributed by atoms with Gasteiger partial charge in [-0.25, -0.2) is 4.98 Å². The molecule has 2 aliphatic rings. The fourth-order valence-corrected chi connectivity index (χ4v) is 5.45. The standard InChI is InChI=1S/C23H27N5O2S/c1-13-3-5-17-15(9-13)10-19(25-17)21(29)26-16-6-4-14(16)11-24-22(30)23-27-18-7-8-28(2)12-20(18)31-23/h3,5,9-10,14,16,25H,4,6-8,11-12H2,1-2H3,(H,24,30)(H,26,29)/t14-,16-/m1/s1. The number of rotatable bonds is 5. The number of nitrogens with zero attached hydrogens (tertiary/aromatic N) is 2. The maximum atomic E-state index is 12.7. The number of aromatic nitrogens is 2. The minimum atomic E-state index is -0.106. The second kappa shape index (κ2) is 8.09. The van der Waals surface area contributed by atoms with E-state index in [2.05, 4.69) is 38.6 Å². The van der Waals surface area contributed by atoms with E-state index in [1.807, 2.05) is 25.1 Å². The zero-order valence-electron chi connectivity index (χ0n) is 17.8. The number of carbonyl (C=O) groups is 2. The van der Waals surface area contributed by atoms with Gasteiger partial charge in [0.25, 0.3) is 11.8 Å². The number of aryl methyl sites for hydroxylation is 1. The highest BCUT2D eigenvalue weighted by Crippen LogP contribution is 2.28. The van der Waals surface area contributed by atoms with Crippen LogP contribution in [0.5, 0.6) is 0 Å². The number of amides is 2. The van der Waals surface area contributed by atoms with Crippen LogP contribution in [0.25, 0.3) is 10.9 Å². The molecule has 3 heterocycles. The second-order valence-corrected chi connectivity index (χ2v) is 9.86. The lowest BCUT2D eigenvalue weighted by molar-refractivity contribution is 0.0855. The molecule has 1 aliphatic carbocycles. The molecular formula is C23H27N5O2S. The van der Waals surface area contributed by atoms with E-state index in [4.69, 9.17) is 0 Å². The molecule has 0 spiro atoms. The van der Waals surface area contributed by atoms with E-state index in [0.29, 0.717) is 17.2 Å². The lowest BCUT2D eigenvalue weighted by atomic mass is 9.79. The van der Waals surface area contributed by atoms with Gasteiger partial charge in [-0.1, -0.05) is 11.6 Å². The van der Waals surface area contributed by atoms with E-state index in [1.54, 1.807) is 0 Å². The highest BCUT2D eigenvalue weighted by molar-refractivity contribution is 7.13. The van der Waals surface area contributed by atoms with Crippen LogP contribution in [0.15, 0.2) is 24.3 Å². The predicted octanol–water partition coefficient (Wildman–Crippen LogP) is 2.86. The average molecular weight is 438 g/mol. The van der Waals surface area contributed by atoms with Crippen molar-refractivity contribution in [3.8, 4) is 0 Å². The molecule has 162 valence electrons. The zero-order valence-corrected chi connectivity index (χ0v) is 18.6. The van der Waals surface area contributed by atoms with E-state index in [-0.39, 0.29) is 23.8 Å². The number of hydrogen-bond donors (Lipinski definition) is 3. The van der Waals surface area contributed by atoms with E-state index >= 15 is 0 Å². The smallest absolute Gasteiger partial charge is 0.280 e. The van der Waals surface area contributed by atoms with Gasteiger partial charge >= 0.3 is 0 Å². The molecule has 0 saturated heterocycles. The Morgan fingerprint density at radius 2 is 2.13 bits per heavy atom. The van der Waals surface area contributed by atoms with Gasteiger partial charge in [-0.3, -0.25) is 9.59 Å². The van der Waals surface area contributed by atoms with Crippen molar-refractivity contribution >= 4 is 34.1 Å². The van der Waals surface area contributed by atoms with Crippen molar-refractivity contribution in [2.24, 2.45) is 5.92 Å². The first-order valence-electron chi connectivity index (χ1n) is 10.8. The molecular weight excluding hydrogens is 410 g/mol. The lowest BCUT2D eigenvalue weighted by Crippen LogP contribution is -2.51. The molecule has 1 aromatic carbocycles. The third-order valence-corrected chi connectivity index (χ3v) is 7.48. The monoisotopic (exact) mass is 437 g/mol. The number of hydrogen-bond acceptors (Lipinski definition) is 5. The third-order valence-electron chi connectivity index (χ3n) is 6.40. The molecule has 5 rings (SSSR count). The zero-order chi connectivity index (χ0) is 21.5. The molecule has 8 heteroatoms. The Balaban J connectivity index is 1.16. The first-order chi connectivity index (χ1) is 15.0. The van der Waals surface area contributed by atoms with Crippen molar-refractivity contribution in [2.75, 3.05) is 20.1 Å². The summed E-state index contributed by atoms with van der Waals surface area (Å²) in [7, 11) is 2.09. The van der Waals surface area contributed by atoms with Gasteiger partial charge in [-0.05, 0) is 50.9 Å². The van der Waals surface area contributed by atoms with Crippen molar-refractivity contribution in [1.82, 2.24) is 25.5 Å². The van der Waals surface area contributed by atoms with Crippen molar-refractivity contribution in [1.29, 1.82) is 0 Å². The maximum Gasteiger partial charge on any atom is 0.280 e. The molecule has 1 fully saturated rings. The predicted molar refractivity (Wildman–Crippen MR) is 121 cm³/mol. The Labute approximate surface area is 185 Å². The Morgan fingerprint density at radius 1 is 1.26 bits per heavy atom. The van der Waals surface area contributed by atoms with Gasteiger partial charge in [0.05, 0.1) is 5.69 Å². The summed E-state index contributed by atoms with van der Waals surface area (Å²) in [5.41, 5.74) is 3.77. The van der Waals surface area contributed by atoms with Gasteiger partial charge in [0.2, 0.25) is 0 Å². The average Bonchev–Trinajstić information content (AvgIpc) is 3.34. The Kier molecular flexibility index (Phi) is 5.27. The number of nitrogens with one attached hydrogen (secondary N) is 3. The van der Waals surface area contributed by atoms with E-state index in [9.17, 15) is 9.59 Å². The molecule has 2 atom stereocenters. The van der Waals surface area contributed by atoms with Gasteiger partial charge in [-0.2, -0.15) is 0 Å². The van der Waals surface area contributed by atoms with E-state index in [0.717, 1.165) is 48.9 Å². The van der Waals surface area contributed by atoms with E-state index in [1.165, 1.54) is 21.8 Å². The van der Waals surface area contributed by atoms with Crippen molar-refractivity contribution < 1.29 is 9.59 Å². The first kappa shape index (κ1) is 20.2. The van der Waals surface area contributed by atoms with Crippen LogP contribution in [0.3, 0.4) is 0 Å². The van der Waals surface area contributed by atoms with Crippen LogP contribution in [-0.4, -0.2) is 52.9 Å². The minimum absolute atomic E-state index is 0.0825. The fourth-order valence-electron chi connectivity index (χ4n) is 4.34. The van der Waals surface area contributed by atoms with E-state index < -0.39 is 0 Å². The highest BCUT2D eigenvalue weighted by atomic mass is 32.1. The largest absolute Gasteiger partial charge is 0.351 e. The first-order valence-corrected chi connectivity index (χ1v) is 11.6. The van der Waals surface area contributed by atoms with Gasteiger partial charge in [-0.15, -0.1) is 11.3 Å². The molecule has 1 aliphatic heterocycles. The summed E-state index contributed by atoms with van der Waals surface area (Å²) >= 11 is 1.50. The number of thiazole rings is 1. The molecule has 0 bridgehead atoms. The number of benzene rings is 1. The van der Waals surface area contributed by atoms with Crippen LogP contribution in [-0.2, 0) is 13.0 Å². The second-order valence-electron chi connectivity index (χ2n) is 8.78. The summed E-state index contributed by atoms with van der Waals surface area (Å²) in [6, 6.07) is 8.08. The molecule has 0 radical (unpaired) electrons.